The van der Waals surface area contributed by atoms with Gasteiger partial charge in [0.15, 0.2) is 0 Å². The third-order valence-electron chi connectivity index (χ3n) is 4.39. The highest BCUT2D eigenvalue weighted by atomic mass is 14.1. The van der Waals surface area contributed by atoms with Gasteiger partial charge in [0.05, 0.1) is 0 Å². The van der Waals surface area contributed by atoms with Crippen LogP contribution in [0.5, 0.6) is 0 Å². The fraction of sp³-hybridized carbons (Fsp3) is 0.120. The first-order valence-electron chi connectivity index (χ1n) is 8.69. The van der Waals surface area contributed by atoms with Crippen LogP contribution in [0.1, 0.15) is 22.3 Å². The van der Waals surface area contributed by atoms with E-state index in [1.54, 1.807) is 0 Å². The van der Waals surface area contributed by atoms with Gasteiger partial charge in [-0.2, -0.15) is 0 Å². The minimum atomic E-state index is 0.872. The third-order valence-corrected chi connectivity index (χ3v) is 4.39. The van der Waals surface area contributed by atoms with Gasteiger partial charge in [0.25, 0.3) is 0 Å². The molecule has 0 aliphatic carbocycles. The second-order valence-electron chi connectivity index (χ2n) is 6.59. The van der Waals surface area contributed by atoms with Gasteiger partial charge in [-0.05, 0) is 48.1 Å². The molecule has 0 nitrogen and oxygen atoms in total. The highest BCUT2D eigenvalue weighted by Crippen LogP contribution is 2.25. The van der Waals surface area contributed by atoms with Crippen LogP contribution in [0, 0.1) is 13.8 Å². The molecule has 25 heavy (non-hydrogen) atoms. The molecule has 0 N–H and O–H groups in total. The molecule has 0 amide bonds. The van der Waals surface area contributed by atoms with Gasteiger partial charge in [0.1, 0.15) is 0 Å². The van der Waals surface area contributed by atoms with Crippen molar-refractivity contribution in [3.8, 4) is 11.1 Å². The Morgan fingerprint density at radius 2 is 1.60 bits per heavy atom. The second-order valence-corrected chi connectivity index (χ2v) is 6.59. The van der Waals surface area contributed by atoms with E-state index in [2.05, 4.69) is 87.2 Å². The summed E-state index contributed by atoms with van der Waals surface area (Å²) in [6.45, 7) is 8.49. The Balaban J connectivity index is 1.68. The molecule has 3 aromatic rings. The Labute approximate surface area is 151 Å². The van der Waals surface area contributed by atoms with Gasteiger partial charge < -0.3 is 0 Å². The SMILES string of the molecule is C=C(C=Cc1ccccc1)Cc1ccc(-c2ccc(C)cc2C)cc1. The Morgan fingerprint density at radius 3 is 2.28 bits per heavy atom. The molecule has 0 aliphatic rings. The maximum atomic E-state index is 4.18. The van der Waals surface area contributed by atoms with Crippen molar-refractivity contribution in [2.75, 3.05) is 0 Å². The molecule has 3 rings (SSSR count). The summed E-state index contributed by atoms with van der Waals surface area (Å²) in [6.07, 6.45) is 5.09. The summed E-state index contributed by atoms with van der Waals surface area (Å²) in [4.78, 5) is 0. The van der Waals surface area contributed by atoms with Crippen molar-refractivity contribution in [2.45, 2.75) is 20.3 Å². The first-order valence-corrected chi connectivity index (χ1v) is 8.69. The average Bonchev–Trinajstić information content (AvgIpc) is 2.62. The molecule has 0 spiro atoms. The predicted molar refractivity (Wildman–Crippen MR) is 110 cm³/mol. The van der Waals surface area contributed by atoms with Crippen LogP contribution in [0.2, 0.25) is 0 Å². The lowest BCUT2D eigenvalue weighted by atomic mass is 9.96. The van der Waals surface area contributed by atoms with Crippen molar-refractivity contribution in [3.63, 3.8) is 0 Å². The third kappa shape index (κ3) is 4.58. The van der Waals surface area contributed by atoms with Crippen molar-refractivity contribution in [3.05, 3.63) is 113 Å². The van der Waals surface area contributed by atoms with Crippen molar-refractivity contribution in [1.82, 2.24) is 0 Å². The van der Waals surface area contributed by atoms with E-state index >= 15 is 0 Å². The molecule has 0 heterocycles. The molecule has 0 atom stereocenters. The van der Waals surface area contributed by atoms with E-state index in [0.29, 0.717) is 0 Å². The first-order chi connectivity index (χ1) is 12.1. The zero-order chi connectivity index (χ0) is 17.6. The number of rotatable bonds is 5. The normalized spacial score (nSPS) is 11.0. The lowest BCUT2D eigenvalue weighted by Gasteiger charge is -2.08. The van der Waals surface area contributed by atoms with E-state index < -0.39 is 0 Å². The van der Waals surface area contributed by atoms with E-state index in [0.717, 1.165) is 12.0 Å². The minimum Gasteiger partial charge on any atom is -0.0955 e. The lowest BCUT2D eigenvalue weighted by molar-refractivity contribution is 1.21. The zero-order valence-electron chi connectivity index (χ0n) is 15.0. The van der Waals surface area contributed by atoms with Crippen LogP contribution in [0.15, 0.2) is 91.0 Å². The molecule has 0 bridgehead atoms. The summed E-state index contributed by atoms with van der Waals surface area (Å²) in [6, 6.07) is 25.8. The van der Waals surface area contributed by atoms with Crippen LogP contribution in [-0.4, -0.2) is 0 Å². The second kappa shape index (κ2) is 7.81. The van der Waals surface area contributed by atoms with E-state index in [1.165, 1.54) is 33.4 Å². The van der Waals surface area contributed by atoms with Gasteiger partial charge in [-0.25, -0.2) is 0 Å². The van der Waals surface area contributed by atoms with Gasteiger partial charge in [0.2, 0.25) is 0 Å². The van der Waals surface area contributed by atoms with Gasteiger partial charge in [-0.15, -0.1) is 0 Å². The molecule has 0 unspecified atom stereocenters. The number of allylic oxidation sites excluding steroid dienone is 2. The Hall–Kier alpha value is -2.86. The quantitative estimate of drug-likeness (QED) is 0.454. The summed E-state index contributed by atoms with van der Waals surface area (Å²) in [5.41, 5.74) is 8.81. The molecule has 0 aromatic heterocycles. The molecular formula is C25H24. The van der Waals surface area contributed by atoms with Crippen LogP contribution in [0.25, 0.3) is 17.2 Å². The summed E-state index contributed by atoms with van der Waals surface area (Å²) in [5.74, 6) is 0. The van der Waals surface area contributed by atoms with Gasteiger partial charge >= 0.3 is 0 Å². The molecule has 124 valence electrons. The van der Waals surface area contributed by atoms with Crippen molar-refractivity contribution in [1.29, 1.82) is 0 Å². The van der Waals surface area contributed by atoms with Gasteiger partial charge in [0, 0.05) is 0 Å². The maximum absolute atomic E-state index is 4.18. The van der Waals surface area contributed by atoms with E-state index in [1.807, 2.05) is 18.2 Å². The summed E-state index contributed by atoms with van der Waals surface area (Å²) >= 11 is 0. The lowest BCUT2D eigenvalue weighted by Crippen LogP contribution is -1.89. The number of hydrogen-bond donors (Lipinski definition) is 0. The predicted octanol–water partition coefficient (Wildman–Crippen LogP) is 6.78. The molecule has 0 fully saturated rings. The summed E-state index contributed by atoms with van der Waals surface area (Å²) in [5, 5.41) is 0. The first kappa shape index (κ1) is 17.0. The van der Waals surface area contributed by atoms with Crippen LogP contribution < -0.4 is 0 Å². The van der Waals surface area contributed by atoms with E-state index in [4.69, 9.17) is 0 Å². The fourth-order valence-corrected chi connectivity index (χ4v) is 3.04. The standard InChI is InChI=1S/C25H24/c1-19-10-16-25(21(3)17-19)24-14-12-23(13-15-24)18-20(2)9-11-22-7-5-4-6-8-22/h4-17H,2,18H2,1,3H3. The van der Waals surface area contributed by atoms with Crippen LogP contribution in [0.4, 0.5) is 0 Å². The molecule has 0 aliphatic heterocycles. The number of aryl methyl sites for hydroxylation is 2. The maximum Gasteiger partial charge on any atom is -0.00316 e. The van der Waals surface area contributed by atoms with Gasteiger partial charge in [-0.1, -0.05) is 103 Å². The molecular weight excluding hydrogens is 300 g/mol. The highest BCUT2D eigenvalue weighted by molar-refractivity contribution is 5.68. The topological polar surface area (TPSA) is 0 Å². The molecule has 0 radical (unpaired) electrons. The smallest absolute Gasteiger partial charge is 0.00316 e. The monoisotopic (exact) mass is 324 g/mol. The van der Waals surface area contributed by atoms with Crippen LogP contribution in [-0.2, 0) is 6.42 Å². The Kier molecular flexibility index (Phi) is 5.30. The molecule has 0 heteroatoms. The van der Waals surface area contributed by atoms with E-state index in [9.17, 15) is 0 Å². The molecule has 0 saturated heterocycles. The van der Waals surface area contributed by atoms with Crippen LogP contribution in [0.3, 0.4) is 0 Å². The van der Waals surface area contributed by atoms with E-state index in [-0.39, 0.29) is 0 Å². The largest absolute Gasteiger partial charge is 0.0955 e. The van der Waals surface area contributed by atoms with Crippen LogP contribution >= 0.6 is 0 Å². The summed E-state index contributed by atoms with van der Waals surface area (Å²) in [7, 11) is 0. The van der Waals surface area contributed by atoms with Crippen molar-refractivity contribution < 1.29 is 0 Å². The molecule has 0 saturated carbocycles. The Bertz CT molecular complexity index is 881. The number of hydrogen-bond acceptors (Lipinski definition) is 0. The van der Waals surface area contributed by atoms with Crippen molar-refractivity contribution in [2.24, 2.45) is 0 Å². The minimum absolute atomic E-state index is 0.872. The molecule has 3 aromatic carbocycles. The van der Waals surface area contributed by atoms with Crippen molar-refractivity contribution >= 4 is 6.08 Å². The Morgan fingerprint density at radius 1 is 0.880 bits per heavy atom. The zero-order valence-corrected chi connectivity index (χ0v) is 15.0. The number of benzene rings is 3. The highest BCUT2D eigenvalue weighted by Gasteiger charge is 2.02. The van der Waals surface area contributed by atoms with Gasteiger partial charge in [-0.3, -0.25) is 0 Å². The summed E-state index contributed by atoms with van der Waals surface area (Å²) < 4.78 is 0. The average molecular weight is 324 g/mol. The fourth-order valence-electron chi connectivity index (χ4n) is 3.04.